The molecule has 2 N–H and O–H groups in total. The minimum absolute atomic E-state index is 0.413. The highest BCUT2D eigenvalue weighted by molar-refractivity contribution is 5.90. The number of aromatic nitrogens is 2. The molecule has 1 aliphatic rings. The van der Waals surface area contributed by atoms with Gasteiger partial charge in [-0.2, -0.15) is 0 Å². The molecule has 1 aliphatic carbocycles. The number of benzene rings is 1. The Kier molecular flexibility index (Phi) is 5.35. The summed E-state index contributed by atoms with van der Waals surface area (Å²) in [6, 6.07) is 17.7. The topological polar surface area (TPSA) is 49.8 Å². The van der Waals surface area contributed by atoms with Crippen LogP contribution >= 0.6 is 0 Å². The fraction of sp³-hybridized carbons (Fsp3) is 0.391. The molecule has 0 radical (unpaired) electrons. The van der Waals surface area contributed by atoms with Gasteiger partial charge in [-0.3, -0.25) is 9.97 Å². The number of anilines is 1. The Hall–Kier alpha value is -2.46. The summed E-state index contributed by atoms with van der Waals surface area (Å²) in [6.45, 7) is 4.91. The summed E-state index contributed by atoms with van der Waals surface area (Å²) >= 11 is 0. The second kappa shape index (κ2) is 8.05. The van der Waals surface area contributed by atoms with E-state index in [1.807, 2.05) is 13.0 Å². The van der Waals surface area contributed by atoms with Crippen LogP contribution in [0.3, 0.4) is 0 Å². The third-order valence-electron chi connectivity index (χ3n) is 5.46. The van der Waals surface area contributed by atoms with Crippen molar-refractivity contribution in [3.8, 4) is 0 Å². The zero-order valence-electron chi connectivity index (χ0n) is 16.2. The SMILES string of the molecule is Cc1cccc(CNC2CCCCC2Nc2cccc3ccc(C)nc23)n1. The van der Waals surface area contributed by atoms with E-state index in [0.29, 0.717) is 12.1 Å². The number of nitrogens with zero attached hydrogens (tertiary/aromatic N) is 2. The Bertz CT molecular complexity index is 921. The quantitative estimate of drug-likeness (QED) is 0.689. The lowest BCUT2D eigenvalue weighted by molar-refractivity contribution is 0.341. The van der Waals surface area contributed by atoms with Gasteiger partial charge in [0.1, 0.15) is 0 Å². The number of para-hydroxylation sites is 1. The van der Waals surface area contributed by atoms with Crippen molar-refractivity contribution in [3.05, 3.63) is 65.6 Å². The van der Waals surface area contributed by atoms with E-state index >= 15 is 0 Å². The summed E-state index contributed by atoms with van der Waals surface area (Å²) in [6.07, 6.45) is 4.93. The maximum Gasteiger partial charge on any atom is 0.0936 e. The van der Waals surface area contributed by atoms with Crippen LogP contribution in [0, 0.1) is 13.8 Å². The number of rotatable bonds is 5. The van der Waals surface area contributed by atoms with E-state index in [-0.39, 0.29) is 0 Å². The lowest BCUT2D eigenvalue weighted by Crippen LogP contribution is -2.46. The summed E-state index contributed by atoms with van der Waals surface area (Å²) in [5.41, 5.74) is 5.46. The van der Waals surface area contributed by atoms with Crippen LogP contribution in [0.4, 0.5) is 5.69 Å². The normalized spacial score (nSPS) is 19.9. The highest BCUT2D eigenvalue weighted by Gasteiger charge is 2.25. The largest absolute Gasteiger partial charge is 0.379 e. The summed E-state index contributed by atoms with van der Waals surface area (Å²) in [7, 11) is 0. The van der Waals surface area contributed by atoms with Crippen LogP contribution in [0.25, 0.3) is 10.9 Å². The first-order valence-corrected chi connectivity index (χ1v) is 9.98. The van der Waals surface area contributed by atoms with Crippen LogP contribution in [-0.4, -0.2) is 22.1 Å². The van der Waals surface area contributed by atoms with Gasteiger partial charge in [0, 0.05) is 35.4 Å². The van der Waals surface area contributed by atoms with Crippen molar-refractivity contribution < 1.29 is 0 Å². The summed E-state index contributed by atoms with van der Waals surface area (Å²) < 4.78 is 0. The molecular formula is C23H28N4. The van der Waals surface area contributed by atoms with E-state index in [4.69, 9.17) is 4.98 Å². The van der Waals surface area contributed by atoms with E-state index < -0.39 is 0 Å². The predicted molar refractivity (Wildman–Crippen MR) is 112 cm³/mol. The van der Waals surface area contributed by atoms with Crippen LogP contribution in [0.1, 0.15) is 42.8 Å². The van der Waals surface area contributed by atoms with Gasteiger partial charge in [-0.15, -0.1) is 0 Å². The van der Waals surface area contributed by atoms with E-state index in [1.165, 1.54) is 31.1 Å². The van der Waals surface area contributed by atoms with Crippen LogP contribution in [0.15, 0.2) is 48.5 Å². The van der Waals surface area contributed by atoms with Crippen molar-refractivity contribution >= 4 is 16.6 Å². The molecule has 3 aromatic rings. The minimum Gasteiger partial charge on any atom is -0.379 e. The van der Waals surface area contributed by atoms with Crippen molar-refractivity contribution in [3.63, 3.8) is 0 Å². The first kappa shape index (κ1) is 17.9. The molecule has 4 nitrogen and oxygen atoms in total. The standard InChI is InChI=1S/C23H28N4/c1-16-7-5-9-19(25-16)15-24-20-10-3-4-11-21(20)27-22-12-6-8-18-14-13-17(2)26-23(18)22/h5-9,12-14,20-21,24,27H,3-4,10-11,15H2,1-2H3. The third kappa shape index (κ3) is 4.28. The van der Waals surface area contributed by atoms with E-state index in [0.717, 1.165) is 34.8 Å². The maximum atomic E-state index is 4.78. The molecule has 0 amide bonds. The first-order chi connectivity index (χ1) is 13.2. The first-order valence-electron chi connectivity index (χ1n) is 9.98. The van der Waals surface area contributed by atoms with Gasteiger partial charge in [0.25, 0.3) is 0 Å². The van der Waals surface area contributed by atoms with Gasteiger partial charge in [-0.25, -0.2) is 0 Å². The molecule has 140 valence electrons. The second-order valence-corrected chi connectivity index (χ2v) is 7.62. The van der Waals surface area contributed by atoms with E-state index in [2.05, 4.69) is 65.0 Å². The summed E-state index contributed by atoms with van der Waals surface area (Å²) in [5, 5.41) is 8.74. The van der Waals surface area contributed by atoms with Gasteiger partial charge in [-0.05, 0) is 51.0 Å². The molecule has 4 heteroatoms. The van der Waals surface area contributed by atoms with Crippen molar-refractivity contribution in [2.75, 3.05) is 5.32 Å². The van der Waals surface area contributed by atoms with Gasteiger partial charge in [-0.1, -0.05) is 37.1 Å². The number of pyridine rings is 2. The fourth-order valence-electron chi connectivity index (χ4n) is 4.04. The van der Waals surface area contributed by atoms with Crippen LogP contribution in [0.5, 0.6) is 0 Å². The van der Waals surface area contributed by atoms with Crippen molar-refractivity contribution in [1.82, 2.24) is 15.3 Å². The zero-order chi connectivity index (χ0) is 18.6. The molecule has 2 atom stereocenters. The number of hydrogen-bond donors (Lipinski definition) is 2. The molecule has 2 heterocycles. The minimum atomic E-state index is 0.413. The predicted octanol–water partition coefficient (Wildman–Crippen LogP) is 4.76. The molecular weight excluding hydrogens is 332 g/mol. The molecule has 27 heavy (non-hydrogen) atoms. The second-order valence-electron chi connectivity index (χ2n) is 7.62. The summed E-state index contributed by atoms with van der Waals surface area (Å²) in [4.78, 5) is 9.40. The van der Waals surface area contributed by atoms with Gasteiger partial charge >= 0.3 is 0 Å². The average Bonchev–Trinajstić information content (AvgIpc) is 2.68. The summed E-state index contributed by atoms with van der Waals surface area (Å²) in [5.74, 6) is 0. The van der Waals surface area contributed by atoms with E-state index in [1.54, 1.807) is 0 Å². The van der Waals surface area contributed by atoms with Crippen LogP contribution < -0.4 is 10.6 Å². The molecule has 0 aliphatic heterocycles. The molecule has 1 aromatic carbocycles. The Morgan fingerprint density at radius 1 is 0.852 bits per heavy atom. The van der Waals surface area contributed by atoms with Crippen molar-refractivity contribution in [2.45, 2.75) is 58.2 Å². The molecule has 1 saturated carbocycles. The number of fused-ring (bicyclic) bond motifs is 1. The molecule has 2 aromatic heterocycles. The highest BCUT2D eigenvalue weighted by atomic mass is 15.0. The van der Waals surface area contributed by atoms with Gasteiger partial charge in [0.05, 0.1) is 16.9 Å². The average molecular weight is 361 g/mol. The monoisotopic (exact) mass is 360 g/mol. The highest BCUT2D eigenvalue weighted by Crippen LogP contribution is 2.27. The Balaban J connectivity index is 1.50. The molecule has 0 bridgehead atoms. The maximum absolute atomic E-state index is 4.78. The van der Waals surface area contributed by atoms with Gasteiger partial charge in [0.15, 0.2) is 0 Å². The zero-order valence-corrected chi connectivity index (χ0v) is 16.2. The fourth-order valence-corrected chi connectivity index (χ4v) is 4.04. The Morgan fingerprint density at radius 2 is 1.63 bits per heavy atom. The number of nitrogens with one attached hydrogen (secondary N) is 2. The molecule has 4 rings (SSSR count). The molecule has 1 fully saturated rings. The third-order valence-corrected chi connectivity index (χ3v) is 5.46. The van der Waals surface area contributed by atoms with Crippen LogP contribution in [0.2, 0.25) is 0 Å². The van der Waals surface area contributed by atoms with E-state index in [9.17, 15) is 0 Å². The smallest absolute Gasteiger partial charge is 0.0936 e. The van der Waals surface area contributed by atoms with Gasteiger partial charge < -0.3 is 10.6 Å². The lowest BCUT2D eigenvalue weighted by Gasteiger charge is -2.34. The lowest BCUT2D eigenvalue weighted by atomic mass is 9.90. The van der Waals surface area contributed by atoms with Crippen LogP contribution in [-0.2, 0) is 6.54 Å². The number of aryl methyl sites for hydroxylation is 2. The number of hydrogen-bond acceptors (Lipinski definition) is 4. The Morgan fingerprint density at radius 3 is 2.48 bits per heavy atom. The van der Waals surface area contributed by atoms with Crippen molar-refractivity contribution in [1.29, 1.82) is 0 Å². The molecule has 0 spiro atoms. The van der Waals surface area contributed by atoms with Crippen molar-refractivity contribution in [2.24, 2.45) is 0 Å². The van der Waals surface area contributed by atoms with Gasteiger partial charge in [0.2, 0.25) is 0 Å². The molecule has 0 saturated heterocycles. The molecule has 2 unspecified atom stereocenters. The Labute approximate surface area is 161 Å².